The summed E-state index contributed by atoms with van der Waals surface area (Å²) in [5.74, 6) is 0. The van der Waals surface area contributed by atoms with Crippen molar-refractivity contribution in [1.29, 1.82) is 0 Å². The van der Waals surface area contributed by atoms with Gasteiger partial charge in [-0.2, -0.15) is 0 Å². The van der Waals surface area contributed by atoms with Crippen molar-refractivity contribution in [3.63, 3.8) is 0 Å². The summed E-state index contributed by atoms with van der Waals surface area (Å²) in [6.45, 7) is 7.39. The van der Waals surface area contributed by atoms with Crippen LogP contribution in [0.25, 0.3) is 92.0 Å². The zero-order chi connectivity index (χ0) is 34.1. The van der Waals surface area contributed by atoms with Gasteiger partial charge in [0.05, 0.1) is 18.0 Å². The van der Waals surface area contributed by atoms with E-state index in [-0.39, 0.29) is 0 Å². The van der Waals surface area contributed by atoms with Gasteiger partial charge in [-0.1, -0.05) is 152 Å². The van der Waals surface area contributed by atoms with Crippen LogP contribution in [0.5, 0.6) is 0 Å². The molecule has 3 heteroatoms. The van der Waals surface area contributed by atoms with Gasteiger partial charge in [-0.25, -0.2) is 9.83 Å². The van der Waals surface area contributed by atoms with E-state index >= 15 is 0 Å². The van der Waals surface area contributed by atoms with Gasteiger partial charge in [-0.05, 0) is 74.8 Å². The maximum atomic E-state index is 7.39. The summed E-state index contributed by atoms with van der Waals surface area (Å²) in [6.07, 6.45) is 0. The first-order valence-electron chi connectivity index (χ1n) is 17.0. The van der Waals surface area contributed by atoms with Gasteiger partial charge in [-0.3, -0.25) is 0 Å². The normalized spacial score (nSPS) is 11.1. The Bertz CT molecular complexity index is 2670. The summed E-state index contributed by atoms with van der Waals surface area (Å²) >= 11 is 1.85. The van der Waals surface area contributed by atoms with Crippen LogP contribution in [0, 0.1) is 6.57 Å². The van der Waals surface area contributed by atoms with Crippen LogP contribution in [-0.4, -0.2) is 4.98 Å². The molecule has 0 amide bonds. The second-order valence-electron chi connectivity index (χ2n) is 12.6. The Hall–Kier alpha value is -6.60. The Morgan fingerprint density at radius 2 is 0.824 bits per heavy atom. The van der Waals surface area contributed by atoms with E-state index in [1.807, 2.05) is 35.6 Å². The van der Waals surface area contributed by atoms with E-state index in [0.717, 1.165) is 39.2 Å². The number of benzene rings is 7. The summed E-state index contributed by atoms with van der Waals surface area (Å²) in [7, 11) is 0. The van der Waals surface area contributed by atoms with Crippen molar-refractivity contribution in [2.24, 2.45) is 0 Å². The fraction of sp³-hybridized carbons (Fsp3) is 0. The first-order valence-corrected chi connectivity index (χ1v) is 17.8. The molecule has 0 saturated carbocycles. The quantitative estimate of drug-likeness (QED) is 0.161. The predicted molar refractivity (Wildman–Crippen MR) is 216 cm³/mol. The largest absolute Gasteiger partial charge is 0.248 e. The average molecular weight is 667 g/mol. The fourth-order valence-electron chi connectivity index (χ4n) is 6.95. The highest BCUT2D eigenvalue weighted by molar-refractivity contribution is 7.26. The first-order chi connectivity index (χ1) is 25.2. The van der Waals surface area contributed by atoms with Gasteiger partial charge in [0, 0.05) is 31.3 Å². The van der Waals surface area contributed by atoms with Crippen molar-refractivity contribution >= 4 is 37.2 Å². The van der Waals surface area contributed by atoms with Crippen LogP contribution in [0.15, 0.2) is 182 Å². The lowest BCUT2D eigenvalue weighted by atomic mass is 9.92. The minimum Gasteiger partial charge on any atom is -0.248 e. The molecule has 0 N–H and O–H groups in total. The van der Waals surface area contributed by atoms with Crippen molar-refractivity contribution in [3.8, 4) is 67.0 Å². The van der Waals surface area contributed by atoms with Crippen molar-refractivity contribution in [1.82, 2.24) is 4.98 Å². The van der Waals surface area contributed by atoms with Gasteiger partial charge in [-0.15, -0.1) is 11.3 Å². The highest BCUT2D eigenvalue weighted by Gasteiger charge is 2.17. The molecular weight excluding hydrogens is 637 g/mol. The Morgan fingerprint density at radius 3 is 1.35 bits per heavy atom. The molecule has 0 saturated heterocycles. The number of hydrogen-bond acceptors (Lipinski definition) is 2. The first kappa shape index (κ1) is 30.5. The van der Waals surface area contributed by atoms with Gasteiger partial charge in [0.1, 0.15) is 0 Å². The van der Waals surface area contributed by atoms with Crippen LogP contribution < -0.4 is 0 Å². The van der Waals surface area contributed by atoms with Crippen molar-refractivity contribution in [2.75, 3.05) is 0 Å². The fourth-order valence-corrected chi connectivity index (χ4v) is 8.32. The molecule has 0 atom stereocenters. The molecule has 0 aliphatic heterocycles. The molecule has 9 rings (SSSR count). The van der Waals surface area contributed by atoms with Crippen LogP contribution in [0.1, 0.15) is 0 Å². The van der Waals surface area contributed by atoms with Gasteiger partial charge >= 0.3 is 0 Å². The van der Waals surface area contributed by atoms with Gasteiger partial charge in [0.25, 0.3) is 0 Å². The molecule has 51 heavy (non-hydrogen) atoms. The smallest absolute Gasteiger partial charge is 0.187 e. The van der Waals surface area contributed by atoms with E-state index in [4.69, 9.17) is 11.6 Å². The number of nitrogens with zero attached hydrogens (tertiary/aromatic N) is 2. The average Bonchev–Trinajstić information content (AvgIpc) is 3.61. The van der Waals surface area contributed by atoms with E-state index < -0.39 is 0 Å². The molecule has 0 unspecified atom stereocenters. The van der Waals surface area contributed by atoms with E-state index in [0.29, 0.717) is 5.69 Å². The number of thiophene rings is 1. The summed E-state index contributed by atoms with van der Waals surface area (Å²) in [5.41, 5.74) is 14.0. The summed E-state index contributed by atoms with van der Waals surface area (Å²) in [4.78, 5) is 8.75. The SMILES string of the molecule is [C-]#[N+]c1ccc(-c2cccc3c2sc2c(-c4cc(-c5ccccc5)cc(-c5cc(-c6ccccc6)nc(-c6ccccc6)c5)c4)cccc23)cc1. The zero-order valence-electron chi connectivity index (χ0n) is 27.6. The van der Waals surface area contributed by atoms with E-state index in [2.05, 4.69) is 163 Å². The van der Waals surface area contributed by atoms with E-state index in [1.54, 1.807) is 0 Å². The molecule has 2 aromatic heterocycles. The minimum atomic E-state index is 0.652. The molecule has 2 heterocycles. The predicted octanol–water partition coefficient (Wildman–Crippen LogP) is 14.0. The van der Waals surface area contributed by atoms with Crippen LogP contribution in [-0.2, 0) is 0 Å². The lowest BCUT2D eigenvalue weighted by Crippen LogP contribution is -1.92. The zero-order valence-corrected chi connectivity index (χ0v) is 28.4. The van der Waals surface area contributed by atoms with Gasteiger partial charge in [0.15, 0.2) is 5.69 Å². The Balaban J connectivity index is 1.27. The maximum Gasteiger partial charge on any atom is 0.187 e. The van der Waals surface area contributed by atoms with Crippen molar-refractivity contribution < 1.29 is 0 Å². The van der Waals surface area contributed by atoms with Crippen LogP contribution in [0.2, 0.25) is 0 Å². The second kappa shape index (κ2) is 13.0. The highest BCUT2D eigenvalue weighted by Crippen LogP contribution is 2.45. The number of pyridine rings is 1. The molecule has 0 aliphatic carbocycles. The summed E-state index contributed by atoms with van der Waals surface area (Å²) in [6, 6.07) is 64.1. The van der Waals surface area contributed by atoms with Gasteiger partial charge < -0.3 is 0 Å². The van der Waals surface area contributed by atoms with Gasteiger partial charge in [0.2, 0.25) is 0 Å². The van der Waals surface area contributed by atoms with Crippen molar-refractivity contribution in [2.45, 2.75) is 0 Å². The standard InChI is InChI=1S/C48H30N2S/c1-49-40-25-23-33(24-26-40)41-19-11-21-43-44-22-12-20-42(48(44)51-47(41)43)39-28-36(32-13-5-2-6-14-32)27-37(29-39)38-30-45(34-15-7-3-8-16-34)50-46(31-38)35-17-9-4-10-18-35/h2-31H. The lowest BCUT2D eigenvalue weighted by Gasteiger charge is -2.14. The molecule has 7 aromatic carbocycles. The third-order valence-corrected chi connectivity index (χ3v) is 10.8. The monoisotopic (exact) mass is 666 g/mol. The number of fused-ring (bicyclic) bond motifs is 3. The molecule has 238 valence electrons. The Kier molecular flexibility index (Phi) is 7.78. The molecule has 0 radical (unpaired) electrons. The molecule has 2 nitrogen and oxygen atoms in total. The maximum absolute atomic E-state index is 7.39. The molecule has 0 bridgehead atoms. The van der Waals surface area contributed by atoms with Crippen LogP contribution in [0.4, 0.5) is 5.69 Å². The molecule has 0 spiro atoms. The number of hydrogen-bond donors (Lipinski definition) is 0. The highest BCUT2D eigenvalue weighted by atomic mass is 32.1. The second-order valence-corrected chi connectivity index (χ2v) is 13.7. The molecule has 0 aliphatic rings. The third kappa shape index (κ3) is 5.78. The Morgan fingerprint density at radius 1 is 0.373 bits per heavy atom. The van der Waals surface area contributed by atoms with Crippen LogP contribution in [0.3, 0.4) is 0 Å². The number of rotatable bonds is 6. The topological polar surface area (TPSA) is 17.2 Å². The number of aromatic nitrogens is 1. The molecule has 0 fully saturated rings. The van der Waals surface area contributed by atoms with Crippen molar-refractivity contribution in [3.05, 3.63) is 193 Å². The summed E-state index contributed by atoms with van der Waals surface area (Å²) in [5, 5.41) is 2.50. The molecular formula is C48H30N2S. The van der Waals surface area contributed by atoms with Crippen LogP contribution >= 0.6 is 11.3 Å². The third-order valence-electron chi connectivity index (χ3n) is 9.48. The van der Waals surface area contributed by atoms with E-state index in [9.17, 15) is 0 Å². The summed E-state index contributed by atoms with van der Waals surface area (Å²) < 4.78 is 2.52. The van der Waals surface area contributed by atoms with E-state index in [1.165, 1.54) is 48.0 Å². The Labute approximate surface area is 301 Å². The minimum absolute atomic E-state index is 0.652. The lowest BCUT2D eigenvalue weighted by molar-refractivity contribution is 1.32. The molecule has 9 aromatic rings.